The third-order valence-electron chi connectivity index (χ3n) is 3.99. The summed E-state index contributed by atoms with van der Waals surface area (Å²) in [7, 11) is 1.58. The van der Waals surface area contributed by atoms with Crippen LogP contribution in [0.25, 0.3) is 0 Å². The van der Waals surface area contributed by atoms with E-state index in [-0.39, 0.29) is 11.2 Å². The maximum absolute atomic E-state index is 10.0. The molecule has 7 nitrogen and oxygen atoms in total. The van der Waals surface area contributed by atoms with Crippen molar-refractivity contribution in [3.8, 4) is 11.5 Å². The van der Waals surface area contributed by atoms with Crippen molar-refractivity contribution in [3.05, 3.63) is 41.6 Å². The first-order valence-electron chi connectivity index (χ1n) is 9.16. The summed E-state index contributed by atoms with van der Waals surface area (Å²) in [5.74, 6) is 2.99. The zero-order valence-corrected chi connectivity index (χ0v) is 16.8. The molecule has 2 aromatic rings. The molecule has 0 spiro atoms. The molecule has 0 fully saturated rings. The standard InChI is InChI=1S/C20H30N4O3/c1-6-21-19(24-13-18-23-12-17(27-18)20(2,3)4)22-10-9-14-7-8-15(26-5)11-16(14)25/h7-8,11-12,25H,6,9-10,13H2,1-5H3,(H2,21,22,24). The Kier molecular flexibility index (Phi) is 7.10. The molecule has 1 aromatic carbocycles. The summed E-state index contributed by atoms with van der Waals surface area (Å²) in [5.41, 5.74) is 0.777. The number of nitrogens with one attached hydrogen (secondary N) is 2. The Morgan fingerprint density at radius 3 is 2.67 bits per heavy atom. The van der Waals surface area contributed by atoms with Crippen LogP contribution in [-0.2, 0) is 18.4 Å². The van der Waals surface area contributed by atoms with Gasteiger partial charge in [0.1, 0.15) is 23.8 Å². The van der Waals surface area contributed by atoms with Crippen molar-refractivity contribution in [3.63, 3.8) is 0 Å². The van der Waals surface area contributed by atoms with E-state index in [4.69, 9.17) is 9.15 Å². The minimum absolute atomic E-state index is 0.0713. The molecule has 0 saturated heterocycles. The minimum atomic E-state index is -0.0713. The Hall–Kier alpha value is -2.70. The number of guanidine groups is 1. The molecule has 0 aliphatic heterocycles. The van der Waals surface area contributed by atoms with Crippen molar-refractivity contribution < 1.29 is 14.3 Å². The van der Waals surface area contributed by atoms with Gasteiger partial charge in [0.2, 0.25) is 5.89 Å². The van der Waals surface area contributed by atoms with Crippen LogP contribution >= 0.6 is 0 Å². The van der Waals surface area contributed by atoms with Gasteiger partial charge >= 0.3 is 0 Å². The van der Waals surface area contributed by atoms with Crippen molar-refractivity contribution in [2.24, 2.45) is 4.99 Å². The Bertz CT molecular complexity index is 763. The highest BCUT2D eigenvalue weighted by molar-refractivity contribution is 5.79. The minimum Gasteiger partial charge on any atom is -0.508 e. The molecule has 0 atom stereocenters. The fraction of sp³-hybridized carbons (Fsp3) is 0.500. The smallest absolute Gasteiger partial charge is 0.216 e. The third kappa shape index (κ3) is 6.20. The molecule has 148 valence electrons. The highest BCUT2D eigenvalue weighted by Crippen LogP contribution is 2.24. The topological polar surface area (TPSA) is 91.9 Å². The summed E-state index contributed by atoms with van der Waals surface area (Å²) in [5, 5.41) is 16.5. The van der Waals surface area contributed by atoms with E-state index >= 15 is 0 Å². The second-order valence-corrected chi connectivity index (χ2v) is 7.23. The van der Waals surface area contributed by atoms with Crippen LogP contribution in [0.15, 0.2) is 33.8 Å². The zero-order valence-electron chi connectivity index (χ0n) is 16.8. The van der Waals surface area contributed by atoms with Crippen LogP contribution in [0.3, 0.4) is 0 Å². The first-order chi connectivity index (χ1) is 12.8. The number of ether oxygens (including phenoxy) is 1. The van der Waals surface area contributed by atoms with Gasteiger partial charge in [0.15, 0.2) is 5.96 Å². The van der Waals surface area contributed by atoms with Gasteiger partial charge < -0.3 is 24.9 Å². The summed E-state index contributed by atoms with van der Waals surface area (Å²) in [4.78, 5) is 8.81. The first-order valence-corrected chi connectivity index (χ1v) is 9.16. The number of hydrogen-bond donors (Lipinski definition) is 3. The SMILES string of the molecule is CCNC(=NCc1ncc(C(C)(C)C)o1)NCCc1ccc(OC)cc1O. The lowest BCUT2D eigenvalue weighted by molar-refractivity contribution is 0.383. The van der Waals surface area contributed by atoms with E-state index < -0.39 is 0 Å². The normalized spacial score (nSPS) is 12.1. The maximum atomic E-state index is 10.0. The molecular formula is C20H30N4O3. The quantitative estimate of drug-likeness (QED) is 0.510. The Morgan fingerprint density at radius 1 is 1.30 bits per heavy atom. The summed E-state index contributed by atoms with van der Waals surface area (Å²) in [6.07, 6.45) is 2.42. The second kappa shape index (κ2) is 9.30. The Morgan fingerprint density at radius 2 is 2.07 bits per heavy atom. The molecule has 7 heteroatoms. The van der Waals surface area contributed by atoms with Crippen molar-refractivity contribution in [1.82, 2.24) is 15.6 Å². The lowest BCUT2D eigenvalue weighted by Crippen LogP contribution is -2.38. The van der Waals surface area contributed by atoms with Gasteiger partial charge in [-0.25, -0.2) is 9.98 Å². The van der Waals surface area contributed by atoms with Gasteiger partial charge in [0, 0.05) is 24.6 Å². The predicted molar refractivity (Wildman–Crippen MR) is 106 cm³/mol. The van der Waals surface area contributed by atoms with Crippen LogP contribution in [0.2, 0.25) is 0 Å². The molecule has 0 amide bonds. The number of methoxy groups -OCH3 is 1. The molecule has 0 aliphatic carbocycles. The first kappa shape index (κ1) is 20.6. The average Bonchev–Trinajstić information content (AvgIpc) is 3.10. The Labute approximate surface area is 160 Å². The average molecular weight is 374 g/mol. The molecule has 2 rings (SSSR count). The number of aromatic hydroxyl groups is 1. The van der Waals surface area contributed by atoms with Crippen molar-refractivity contribution >= 4 is 5.96 Å². The molecule has 0 unspecified atom stereocenters. The van der Waals surface area contributed by atoms with Crippen molar-refractivity contribution in [2.75, 3.05) is 20.2 Å². The van der Waals surface area contributed by atoms with Gasteiger partial charge in [-0.15, -0.1) is 0 Å². The maximum Gasteiger partial charge on any atom is 0.216 e. The number of phenolic OH excluding ortho intramolecular Hbond substituents is 1. The number of aromatic nitrogens is 1. The molecule has 1 aromatic heterocycles. The molecule has 0 aliphatic rings. The molecule has 0 radical (unpaired) electrons. The molecule has 3 N–H and O–H groups in total. The molecular weight excluding hydrogens is 344 g/mol. The highest BCUT2D eigenvalue weighted by Gasteiger charge is 2.19. The largest absolute Gasteiger partial charge is 0.508 e. The van der Waals surface area contributed by atoms with Crippen LogP contribution in [0.4, 0.5) is 0 Å². The lowest BCUT2D eigenvalue weighted by atomic mass is 9.94. The number of benzene rings is 1. The number of rotatable bonds is 7. The van der Waals surface area contributed by atoms with E-state index in [1.807, 2.05) is 19.1 Å². The summed E-state index contributed by atoms with van der Waals surface area (Å²) in [6.45, 7) is 10.00. The van der Waals surface area contributed by atoms with E-state index in [1.54, 1.807) is 19.4 Å². The van der Waals surface area contributed by atoms with Crippen LogP contribution < -0.4 is 15.4 Å². The summed E-state index contributed by atoms with van der Waals surface area (Å²) in [6, 6.07) is 5.31. The van der Waals surface area contributed by atoms with Crippen LogP contribution in [0, 0.1) is 0 Å². The number of hydrogen-bond acceptors (Lipinski definition) is 5. The van der Waals surface area contributed by atoms with Crippen molar-refractivity contribution in [2.45, 2.75) is 46.1 Å². The number of oxazole rings is 1. The van der Waals surface area contributed by atoms with Gasteiger partial charge in [-0.1, -0.05) is 26.8 Å². The Balaban J connectivity index is 1.92. The van der Waals surface area contributed by atoms with Crippen LogP contribution in [0.5, 0.6) is 11.5 Å². The number of nitrogens with zero attached hydrogens (tertiary/aromatic N) is 2. The lowest BCUT2D eigenvalue weighted by Gasteiger charge is -2.13. The predicted octanol–water partition coefficient (Wildman–Crippen LogP) is 2.98. The van der Waals surface area contributed by atoms with Gasteiger partial charge in [-0.3, -0.25) is 0 Å². The number of phenols is 1. The van der Waals surface area contributed by atoms with E-state index in [0.717, 1.165) is 17.9 Å². The van der Waals surface area contributed by atoms with E-state index in [1.165, 1.54) is 0 Å². The fourth-order valence-electron chi connectivity index (χ4n) is 2.42. The molecule has 0 saturated carbocycles. The van der Waals surface area contributed by atoms with E-state index in [9.17, 15) is 5.11 Å². The van der Waals surface area contributed by atoms with Crippen molar-refractivity contribution in [1.29, 1.82) is 0 Å². The third-order valence-corrected chi connectivity index (χ3v) is 3.99. The van der Waals surface area contributed by atoms with E-state index in [2.05, 4.69) is 41.4 Å². The van der Waals surface area contributed by atoms with Gasteiger partial charge in [0.25, 0.3) is 0 Å². The van der Waals surface area contributed by atoms with Gasteiger partial charge in [0.05, 0.1) is 13.3 Å². The molecule has 1 heterocycles. The summed E-state index contributed by atoms with van der Waals surface area (Å²) >= 11 is 0. The second-order valence-electron chi connectivity index (χ2n) is 7.23. The van der Waals surface area contributed by atoms with E-state index in [0.29, 0.717) is 37.1 Å². The summed E-state index contributed by atoms with van der Waals surface area (Å²) < 4.78 is 10.9. The van der Waals surface area contributed by atoms with Crippen LogP contribution in [-0.4, -0.2) is 36.2 Å². The molecule has 0 bridgehead atoms. The number of aliphatic imine (C=N–C) groups is 1. The van der Waals surface area contributed by atoms with Gasteiger partial charge in [-0.2, -0.15) is 0 Å². The molecule has 27 heavy (non-hydrogen) atoms. The monoisotopic (exact) mass is 374 g/mol. The highest BCUT2D eigenvalue weighted by atomic mass is 16.5. The fourth-order valence-corrected chi connectivity index (χ4v) is 2.42. The van der Waals surface area contributed by atoms with Crippen LogP contribution in [0.1, 0.15) is 44.9 Å². The van der Waals surface area contributed by atoms with Gasteiger partial charge in [-0.05, 0) is 25.0 Å². The zero-order chi connectivity index (χ0) is 19.9.